The number of hydrogen-bond donors (Lipinski definition) is 2. The zero-order valence-electron chi connectivity index (χ0n) is 11.7. The third kappa shape index (κ3) is 2.96. The van der Waals surface area contributed by atoms with Gasteiger partial charge in [0, 0.05) is 11.6 Å². The number of aliphatic hydroxyl groups excluding tert-OH is 1. The van der Waals surface area contributed by atoms with E-state index in [0.717, 1.165) is 0 Å². The molecule has 2 N–H and O–H groups in total. The third-order valence-corrected chi connectivity index (χ3v) is 3.69. The van der Waals surface area contributed by atoms with E-state index in [-0.39, 0.29) is 18.5 Å². The number of ketones is 1. The van der Waals surface area contributed by atoms with E-state index in [4.69, 9.17) is 16.7 Å². The maximum Gasteiger partial charge on any atom is 0.305 e. The molecule has 1 amide bonds. The van der Waals surface area contributed by atoms with E-state index in [0.29, 0.717) is 10.6 Å². The summed E-state index contributed by atoms with van der Waals surface area (Å²) < 4.78 is 0. The zero-order valence-corrected chi connectivity index (χ0v) is 12.5. The number of aliphatic carboxylic acids is 1. The summed E-state index contributed by atoms with van der Waals surface area (Å²) in [5.41, 5.74) is 0.551. The van der Waals surface area contributed by atoms with Crippen molar-refractivity contribution in [3.8, 4) is 0 Å². The summed E-state index contributed by atoms with van der Waals surface area (Å²) in [6.45, 7) is 1.14. The van der Waals surface area contributed by atoms with Gasteiger partial charge in [-0.2, -0.15) is 0 Å². The smallest absolute Gasteiger partial charge is 0.305 e. The van der Waals surface area contributed by atoms with Gasteiger partial charge >= 0.3 is 5.97 Å². The molecule has 22 heavy (non-hydrogen) atoms. The number of amides is 1. The highest BCUT2D eigenvalue weighted by Gasteiger charge is 2.42. The van der Waals surface area contributed by atoms with Crippen molar-refractivity contribution in [2.45, 2.75) is 19.4 Å². The first-order valence-corrected chi connectivity index (χ1v) is 6.93. The van der Waals surface area contributed by atoms with Gasteiger partial charge in [0.25, 0.3) is 5.91 Å². The minimum atomic E-state index is -1.07. The molecule has 0 bridgehead atoms. The van der Waals surface area contributed by atoms with Gasteiger partial charge in [0.1, 0.15) is 0 Å². The highest BCUT2D eigenvalue weighted by molar-refractivity contribution is 6.30. The van der Waals surface area contributed by atoms with Gasteiger partial charge in [-0.25, -0.2) is 0 Å². The number of rotatable bonds is 5. The zero-order chi connectivity index (χ0) is 16.4. The largest absolute Gasteiger partial charge is 0.503 e. The summed E-state index contributed by atoms with van der Waals surface area (Å²) >= 11 is 5.83. The Labute approximate surface area is 131 Å². The third-order valence-electron chi connectivity index (χ3n) is 3.44. The normalized spacial score (nSPS) is 18.0. The number of aliphatic hydroxyl groups is 1. The molecule has 1 heterocycles. The first kappa shape index (κ1) is 16.0. The first-order chi connectivity index (χ1) is 10.3. The van der Waals surface area contributed by atoms with E-state index in [1.165, 1.54) is 11.8 Å². The van der Waals surface area contributed by atoms with Crippen LogP contribution in [0.25, 0.3) is 0 Å². The number of hydrogen-bond acceptors (Lipinski definition) is 4. The highest BCUT2D eigenvalue weighted by Crippen LogP contribution is 2.37. The fourth-order valence-corrected chi connectivity index (χ4v) is 2.58. The monoisotopic (exact) mass is 323 g/mol. The molecule has 6 nitrogen and oxygen atoms in total. The van der Waals surface area contributed by atoms with Crippen molar-refractivity contribution in [2.75, 3.05) is 6.54 Å². The molecule has 0 radical (unpaired) electrons. The summed E-state index contributed by atoms with van der Waals surface area (Å²) in [5, 5.41) is 19.2. The quantitative estimate of drug-likeness (QED) is 0.865. The summed E-state index contributed by atoms with van der Waals surface area (Å²) in [6, 6.07) is 5.67. The van der Waals surface area contributed by atoms with Gasteiger partial charge in [0.2, 0.25) is 0 Å². The fraction of sp³-hybridized carbons (Fsp3) is 0.267. The molecule has 2 rings (SSSR count). The van der Waals surface area contributed by atoms with Crippen LogP contribution in [-0.4, -0.2) is 39.3 Å². The van der Waals surface area contributed by atoms with Crippen LogP contribution in [0.5, 0.6) is 0 Å². The Kier molecular flexibility index (Phi) is 4.51. The second kappa shape index (κ2) is 6.19. The Morgan fingerprint density at radius 1 is 1.27 bits per heavy atom. The topological polar surface area (TPSA) is 94.9 Å². The van der Waals surface area contributed by atoms with Crippen molar-refractivity contribution in [2.24, 2.45) is 0 Å². The molecule has 0 spiro atoms. The van der Waals surface area contributed by atoms with Gasteiger partial charge in [-0.1, -0.05) is 23.7 Å². The standard InChI is InChI=1S/C15H14ClNO5/c1-8(18)12-13(9-2-4-10(16)5-3-9)17(7-6-11(19)20)15(22)14(12)21/h2-5,13,21H,6-7H2,1H3,(H,19,20)/t13-/m1/s1. The van der Waals surface area contributed by atoms with Crippen molar-refractivity contribution in [1.29, 1.82) is 0 Å². The lowest BCUT2D eigenvalue weighted by Crippen LogP contribution is -2.33. The molecule has 0 unspecified atom stereocenters. The van der Waals surface area contributed by atoms with Gasteiger partial charge < -0.3 is 15.1 Å². The van der Waals surface area contributed by atoms with Gasteiger partial charge in [-0.05, 0) is 24.6 Å². The molecule has 1 atom stereocenters. The molecular weight excluding hydrogens is 310 g/mol. The maximum absolute atomic E-state index is 12.1. The lowest BCUT2D eigenvalue weighted by atomic mass is 9.97. The summed E-state index contributed by atoms with van der Waals surface area (Å²) in [7, 11) is 0. The van der Waals surface area contributed by atoms with E-state index >= 15 is 0 Å². The predicted molar refractivity (Wildman–Crippen MR) is 78.5 cm³/mol. The molecule has 0 fully saturated rings. The van der Waals surface area contributed by atoms with Crippen LogP contribution in [0.1, 0.15) is 24.9 Å². The van der Waals surface area contributed by atoms with E-state index in [1.807, 2.05) is 0 Å². The number of Topliss-reactive ketones (excluding diaryl/α,β-unsaturated/α-hetero) is 1. The molecule has 7 heteroatoms. The fourth-order valence-electron chi connectivity index (χ4n) is 2.45. The summed E-state index contributed by atoms with van der Waals surface area (Å²) in [6.07, 6.45) is -0.283. The van der Waals surface area contributed by atoms with E-state index in [1.54, 1.807) is 24.3 Å². The minimum absolute atomic E-state index is 0.0299. The number of carbonyl (C=O) groups excluding carboxylic acids is 2. The average molecular weight is 324 g/mol. The molecule has 1 aromatic carbocycles. The van der Waals surface area contributed by atoms with Crippen molar-refractivity contribution in [3.63, 3.8) is 0 Å². The molecule has 116 valence electrons. The van der Waals surface area contributed by atoms with Crippen LogP contribution in [0.2, 0.25) is 5.02 Å². The second-order valence-corrected chi connectivity index (χ2v) is 5.35. The van der Waals surface area contributed by atoms with Crippen LogP contribution in [0, 0.1) is 0 Å². The molecule has 0 saturated heterocycles. The average Bonchev–Trinajstić information content (AvgIpc) is 2.70. The van der Waals surface area contributed by atoms with Crippen molar-refractivity contribution in [3.05, 3.63) is 46.2 Å². The van der Waals surface area contributed by atoms with Gasteiger partial charge in [0.15, 0.2) is 11.5 Å². The highest BCUT2D eigenvalue weighted by atomic mass is 35.5. The molecule has 1 aromatic rings. The minimum Gasteiger partial charge on any atom is -0.503 e. The number of nitrogens with zero attached hydrogens (tertiary/aromatic N) is 1. The van der Waals surface area contributed by atoms with Crippen LogP contribution >= 0.6 is 11.6 Å². The van der Waals surface area contributed by atoms with Crippen molar-refractivity contribution >= 4 is 29.3 Å². The lowest BCUT2D eigenvalue weighted by Gasteiger charge is -2.26. The summed E-state index contributed by atoms with van der Waals surface area (Å²) in [4.78, 5) is 35.9. The predicted octanol–water partition coefficient (Wildman–Crippen LogP) is 2.10. The lowest BCUT2D eigenvalue weighted by molar-refractivity contribution is -0.138. The van der Waals surface area contributed by atoms with E-state index < -0.39 is 29.5 Å². The number of benzene rings is 1. The molecular formula is C15H14ClNO5. The molecule has 1 aliphatic rings. The van der Waals surface area contributed by atoms with Gasteiger partial charge in [-0.3, -0.25) is 14.4 Å². The molecule has 0 aromatic heterocycles. The Balaban J connectivity index is 2.45. The Bertz CT molecular complexity index is 665. The summed E-state index contributed by atoms with van der Waals surface area (Å²) in [5.74, 6) is -2.88. The van der Waals surface area contributed by atoms with Crippen molar-refractivity contribution < 1.29 is 24.6 Å². The van der Waals surface area contributed by atoms with Crippen LogP contribution in [0.15, 0.2) is 35.6 Å². The SMILES string of the molecule is CC(=O)C1=C(O)C(=O)N(CCC(=O)O)[C@@H]1c1ccc(Cl)cc1. The van der Waals surface area contributed by atoms with Crippen LogP contribution in [0.3, 0.4) is 0 Å². The number of halogens is 1. The Morgan fingerprint density at radius 2 is 1.86 bits per heavy atom. The maximum atomic E-state index is 12.1. The second-order valence-electron chi connectivity index (χ2n) is 4.91. The Morgan fingerprint density at radius 3 is 2.36 bits per heavy atom. The van der Waals surface area contributed by atoms with E-state index in [9.17, 15) is 19.5 Å². The van der Waals surface area contributed by atoms with Crippen molar-refractivity contribution in [1.82, 2.24) is 4.90 Å². The van der Waals surface area contributed by atoms with Gasteiger partial charge in [-0.15, -0.1) is 0 Å². The van der Waals surface area contributed by atoms with E-state index in [2.05, 4.69) is 0 Å². The number of carboxylic acids is 1. The molecule has 1 aliphatic heterocycles. The Hall–Kier alpha value is -2.34. The molecule has 0 aliphatic carbocycles. The molecule has 0 saturated carbocycles. The van der Waals surface area contributed by atoms with Crippen LogP contribution in [0.4, 0.5) is 0 Å². The van der Waals surface area contributed by atoms with Crippen LogP contribution in [-0.2, 0) is 14.4 Å². The van der Waals surface area contributed by atoms with Crippen LogP contribution < -0.4 is 0 Å². The first-order valence-electron chi connectivity index (χ1n) is 6.55. The number of carbonyl (C=O) groups is 3. The van der Waals surface area contributed by atoms with Gasteiger partial charge in [0.05, 0.1) is 18.0 Å². The number of carboxylic acid groups (broad SMARTS) is 1.